The number of carboxylic acid groups (broad SMARTS) is 1. The third-order valence-corrected chi connectivity index (χ3v) is 2.70. The summed E-state index contributed by atoms with van der Waals surface area (Å²) in [5, 5.41) is 8.30. The Kier molecular flexibility index (Phi) is 5.07. The van der Waals surface area contributed by atoms with Crippen LogP contribution in [0.15, 0.2) is 6.07 Å². The predicted octanol–water partition coefficient (Wildman–Crippen LogP) is 3.52. The molecule has 0 bridgehead atoms. The van der Waals surface area contributed by atoms with Gasteiger partial charge in [-0.3, -0.25) is 4.79 Å². The van der Waals surface area contributed by atoms with E-state index in [-0.39, 0.29) is 11.0 Å². The van der Waals surface area contributed by atoms with Gasteiger partial charge in [0.25, 0.3) is 0 Å². The topological polar surface area (TPSA) is 59.4 Å². The Bertz CT molecular complexity index is 543. The molecule has 0 unspecified atom stereocenters. The van der Waals surface area contributed by atoms with Gasteiger partial charge in [0.05, 0.1) is 17.7 Å². The van der Waals surface area contributed by atoms with E-state index in [1.54, 1.807) is 0 Å². The molecule has 0 saturated carbocycles. The average Bonchev–Trinajstić information content (AvgIpc) is 2.27. The van der Waals surface area contributed by atoms with Crippen molar-refractivity contribution in [2.45, 2.75) is 24.3 Å². The van der Waals surface area contributed by atoms with E-state index < -0.39 is 41.9 Å². The number of hydrogen-bond donors (Lipinski definition) is 1. The minimum Gasteiger partial charge on any atom is -0.481 e. The molecule has 4 nitrogen and oxygen atoms in total. The standard InChI is InChI=1S/C10H6BrF6NO3/c11-3-4-1-6(9(12,13)14)5(2-7(19)20)8(18-4)21-10(15,16)17/h1H,2-3H2,(H,19,20). The fourth-order valence-corrected chi connectivity index (χ4v) is 1.72. The Hall–Kier alpha value is -1.52. The lowest BCUT2D eigenvalue weighted by Crippen LogP contribution is -2.22. The molecular formula is C10H6BrF6NO3. The molecule has 118 valence electrons. The second kappa shape index (κ2) is 6.08. The normalized spacial score (nSPS) is 12.3. The predicted molar refractivity (Wildman–Crippen MR) is 59.9 cm³/mol. The summed E-state index contributed by atoms with van der Waals surface area (Å²) in [6.45, 7) is 0. The largest absolute Gasteiger partial charge is 0.574 e. The molecule has 0 aromatic carbocycles. The third-order valence-electron chi connectivity index (χ3n) is 2.12. The lowest BCUT2D eigenvalue weighted by atomic mass is 10.0. The Morgan fingerprint density at radius 2 is 1.86 bits per heavy atom. The van der Waals surface area contributed by atoms with E-state index in [2.05, 4.69) is 25.7 Å². The van der Waals surface area contributed by atoms with E-state index in [0.29, 0.717) is 6.07 Å². The Labute approximate surface area is 121 Å². The molecule has 0 aliphatic carbocycles. The van der Waals surface area contributed by atoms with Gasteiger partial charge >= 0.3 is 18.5 Å². The van der Waals surface area contributed by atoms with Gasteiger partial charge < -0.3 is 9.84 Å². The van der Waals surface area contributed by atoms with Crippen LogP contribution >= 0.6 is 15.9 Å². The van der Waals surface area contributed by atoms with Crippen molar-refractivity contribution in [3.63, 3.8) is 0 Å². The molecule has 1 aromatic rings. The number of pyridine rings is 1. The highest BCUT2D eigenvalue weighted by molar-refractivity contribution is 9.08. The maximum atomic E-state index is 12.9. The van der Waals surface area contributed by atoms with Gasteiger partial charge in [0.2, 0.25) is 5.88 Å². The molecule has 0 atom stereocenters. The minimum absolute atomic E-state index is 0.266. The van der Waals surface area contributed by atoms with Crippen LogP contribution in [0.4, 0.5) is 26.3 Å². The summed E-state index contributed by atoms with van der Waals surface area (Å²) in [6, 6.07) is 0.469. The van der Waals surface area contributed by atoms with E-state index in [4.69, 9.17) is 5.11 Å². The zero-order valence-electron chi connectivity index (χ0n) is 9.85. The summed E-state index contributed by atoms with van der Waals surface area (Å²) >= 11 is 2.76. The molecule has 0 aliphatic rings. The van der Waals surface area contributed by atoms with Crippen molar-refractivity contribution in [3.05, 3.63) is 22.9 Å². The number of ether oxygens (including phenoxy) is 1. The van der Waals surface area contributed by atoms with Gasteiger partial charge in [-0.2, -0.15) is 13.2 Å². The maximum absolute atomic E-state index is 12.9. The monoisotopic (exact) mass is 381 g/mol. The minimum atomic E-state index is -5.30. The van der Waals surface area contributed by atoms with Gasteiger partial charge in [-0.05, 0) is 6.07 Å². The first kappa shape index (κ1) is 17.5. The quantitative estimate of drug-likeness (QED) is 0.640. The molecule has 0 fully saturated rings. The first-order chi connectivity index (χ1) is 9.44. The summed E-state index contributed by atoms with van der Waals surface area (Å²) in [6.07, 6.45) is -11.7. The molecule has 1 N–H and O–H groups in total. The molecule has 0 aliphatic heterocycles. The smallest absolute Gasteiger partial charge is 0.481 e. The van der Waals surface area contributed by atoms with E-state index in [9.17, 15) is 31.1 Å². The van der Waals surface area contributed by atoms with E-state index in [0.717, 1.165) is 0 Å². The lowest BCUT2D eigenvalue weighted by molar-refractivity contribution is -0.276. The lowest BCUT2D eigenvalue weighted by Gasteiger charge is -2.17. The summed E-state index contributed by atoms with van der Waals surface area (Å²) in [7, 11) is 0. The summed E-state index contributed by atoms with van der Waals surface area (Å²) < 4.78 is 78.6. The summed E-state index contributed by atoms with van der Waals surface area (Å²) in [5.74, 6) is -3.17. The van der Waals surface area contributed by atoms with Crippen LogP contribution in [-0.4, -0.2) is 22.4 Å². The van der Waals surface area contributed by atoms with E-state index in [1.165, 1.54) is 0 Å². The molecule has 21 heavy (non-hydrogen) atoms. The summed E-state index contributed by atoms with van der Waals surface area (Å²) in [5.41, 5.74) is -3.10. The number of aliphatic carboxylic acids is 1. The van der Waals surface area contributed by atoms with Crippen molar-refractivity contribution < 1.29 is 41.0 Å². The molecule has 1 aromatic heterocycles. The number of alkyl halides is 7. The highest BCUT2D eigenvalue weighted by atomic mass is 79.9. The van der Waals surface area contributed by atoms with Crippen LogP contribution in [0.1, 0.15) is 16.8 Å². The Morgan fingerprint density at radius 1 is 1.29 bits per heavy atom. The molecule has 1 heterocycles. The number of halogens is 7. The number of hydrogen-bond acceptors (Lipinski definition) is 3. The number of carboxylic acids is 1. The zero-order chi connectivity index (χ0) is 16.4. The molecule has 1 rings (SSSR count). The van der Waals surface area contributed by atoms with Gasteiger partial charge in [0.1, 0.15) is 0 Å². The zero-order valence-corrected chi connectivity index (χ0v) is 11.4. The number of rotatable bonds is 4. The number of aromatic nitrogens is 1. The SMILES string of the molecule is O=C(O)Cc1c(C(F)(F)F)cc(CBr)nc1OC(F)(F)F. The van der Waals surface area contributed by atoms with Crippen LogP contribution in [0, 0.1) is 0 Å². The van der Waals surface area contributed by atoms with Gasteiger partial charge in [-0.25, -0.2) is 4.98 Å². The highest BCUT2D eigenvalue weighted by Crippen LogP contribution is 2.38. The molecule has 0 spiro atoms. The fourth-order valence-electron chi connectivity index (χ4n) is 1.44. The van der Waals surface area contributed by atoms with Crippen molar-refractivity contribution in [3.8, 4) is 5.88 Å². The van der Waals surface area contributed by atoms with Crippen LogP contribution in [-0.2, 0) is 22.7 Å². The van der Waals surface area contributed by atoms with Crippen LogP contribution in [0.2, 0.25) is 0 Å². The Morgan fingerprint density at radius 3 is 2.24 bits per heavy atom. The maximum Gasteiger partial charge on any atom is 0.574 e. The van der Waals surface area contributed by atoms with Gasteiger partial charge in [-0.1, -0.05) is 15.9 Å². The highest BCUT2D eigenvalue weighted by Gasteiger charge is 2.39. The summed E-state index contributed by atoms with van der Waals surface area (Å²) in [4.78, 5) is 13.8. The second-order valence-corrected chi connectivity index (χ2v) is 4.26. The second-order valence-electron chi connectivity index (χ2n) is 3.69. The third kappa shape index (κ3) is 5.06. The first-order valence-corrected chi connectivity index (χ1v) is 6.19. The van der Waals surface area contributed by atoms with Crippen LogP contribution in [0.25, 0.3) is 0 Å². The average molecular weight is 382 g/mol. The Balaban J connectivity index is 3.53. The van der Waals surface area contributed by atoms with Crippen molar-refractivity contribution in [1.29, 1.82) is 0 Å². The van der Waals surface area contributed by atoms with Crippen molar-refractivity contribution >= 4 is 21.9 Å². The fraction of sp³-hybridized carbons (Fsp3) is 0.400. The van der Waals surface area contributed by atoms with Gasteiger partial charge in [-0.15, -0.1) is 13.2 Å². The number of carbonyl (C=O) groups is 1. The first-order valence-electron chi connectivity index (χ1n) is 5.07. The molecular weight excluding hydrogens is 376 g/mol. The van der Waals surface area contributed by atoms with Crippen molar-refractivity contribution in [1.82, 2.24) is 4.98 Å². The molecule has 0 radical (unpaired) electrons. The van der Waals surface area contributed by atoms with E-state index in [1.807, 2.05) is 0 Å². The molecule has 0 amide bonds. The van der Waals surface area contributed by atoms with Crippen molar-refractivity contribution in [2.24, 2.45) is 0 Å². The van der Waals surface area contributed by atoms with E-state index >= 15 is 0 Å². The molecule has 11 heteroatoms. The van der Waals surface area contributed by atoms with Gasteiger partial charge in [0.15, 0.2) is 0 Å². The number of nitrogens with zero attached hydrogens (tertiary/aromatic N) is 1. The van der Waals surface area contributed by atoms with Crippen LogP contribution in [0.3, 0.4) is 0 Å². The van der Waals surface area contributed by atoms with Crippen LogP contribution in [0.5, 0.6) is 5.88 Å². The van der Waals surface area contributed by atoms with Crippen molar-refractivity contribution in [2.75, 3.05) is 0 Å². The van der Waals surface area contributed by atoms with Crippen LogP contribution < -0.4 is 4.74 Å². The van der Waals surface area contributed by atoms with Gasteiger partial charge in [0, 0.05) is 10.9 Å². The molecule has 0 saturated heterocycles.